The topological polar surface area (TPSA) is 26.3 Å². The number of rotatable bonds is 4. The number of ether oxygens (including phenoxy) is 1. The molecule has 2 heteroatoms. The van der Waals surface area contributed by atoms with E-state index in [1.807, 2.05) is 6.07 Å². The van der Waals surface area contributed by atoms with Gasteiger partial charge < -0.3 is 4.74 Å². The molecule has 0 heterocycles. The number of aryl methyl sites for hydroxylation is 1. The lowest BCUT2D eigenvalue weighted by Crippen LogP contribution is -2.01. The van der Waals surface area contributed by atoms with Gasteiger partial charge in [-0.25, -0.2) is 0 Å². The van der Waals surface area contributed by atoms with Crippen molar-refractivity contribution < 1.29 is 9.53 Å². The maximum Gasteiger partial charge on any atom is 0.302 e. The molecule has 1 aromatic rings. The Morgan fingerprint density at radius 1 is 1.44 bits per heavy atom. The van der Waals surface area contributed by atoms with E-state index < -0.39 is 0 Å². The standard InChI is InChI=1S/C14H20O2/c1-5-10(2)14-8-13(7-6-11(14)3)9-16-12(4)15/h6-8,10H,5,9H2,1-4H3. The van der Waals surface area contributed by atoms with E-state index >= 15 is 0 Å². The van der Waals surface area contributed by atoms with Gasteiger partial charge >= 0.3 is 5.97 Å². The average Bonchev–Trinajstić information content (AvgIpc) is 2.27. The van der Waals surface area contributed by atoms with E-state index in [1.54, 1.807) is 0 Å². The van der Waals surface area contributed by atoms with Crippen LogP contribution >= 0.6 is 0 Å². The highest BCUT2D eigenvalue weighted by molar-refractivity contribution is 5.65. The fourth-order valence-corrected chi connectivity index (χ4v) is 1.72. The number of hydrogen-bond acceptors (Lipinski definition) is 2. The van der Waals surface area contributed by atoms with Crippen LogP contribution in [0.4, 0.5) is 0 Å². The van der Waals surface area contributed by atoms with Crippen LogP contribution in [-0.2, 0) is 16.1 Å². The van der Waals surface area contributed by atoms with Crippen LogP contribution in [0.5, 0.6) is 0 Å². The van der Waals surface area contributed by atoms with Crippen molar-refractivity contribution in [1.82, 2.24) is 0 Å². The summed E-state index contributed by atoms with van der Waals surface area (Å²) < 4.78 is 5.00. The van der Waals surface area contributed by atoms with E-state index in [2.05, 4.69) is 32.9 Å². The quantitative estimate of drug-likeness (QED) is 0.725. The van der Waals surface area contributed by atoms with E-state index in [0.29, 0.717) is 12.5 Å². The molecule has 88 valence electrons. The largest absolute Gasteiger partial charge is 0.461 e. The van der Waals surface area contributed by atoms with Crippen LogP contribution in [-0.4, -0.2) is 5.97 Å². The SMILES string of the molecule is CCC(C)c1cc(COC(C)=O)ccc1C. The molecule has 16 heavy (non-hydrogen) atoms. The first-order valence-electron chi connectivity index (χ1n) is 5.77. The first-order chi connectivity index (χ1) is 7.54. The number of carbonyl (C=O) groups excluding carboxylic acids is 1. The molecule has 1 aromatic carbocycles. The Labute approximate surface area is 97.6 Å². The van der Waals surface area contributed by atoms with Gasteiger partial charge in [0.1, 0.15) is 6.61 Å². The van der Waals surface area contributed by atoms with E-state index in [9.17, 15) is 4.79 Å². The van der Waals surface area contributed by atoms with Crippen molar-refractivity contribution in [3.63, 3.8) is 0 Å². The lowest BCUT2D eigenvalue weighted by atomic mass is 9.93. The minimum Gasteiger partial charge on any atom is -0.461 e. The van der Waals surface area contributed by atoms with Crippen LogP contribution in [0, 0.1) is 6.92 Å². The zero-order chi connectivity index (χ0) is 12.1. The molecular weight excluding hydrogens is 200 g/mol. The highest BCUT2D eigenvalue weighted by Crippen LogP contribution is 2.23. The van der Waals surface area contributed by atoms with Gasteiger partial charge in [0, 0.05) is 6.92 Å². The Morgan fingerprint density at radius 3 is 2.69 bits per heavy atom. The molecule has 0 saturated carbocycles. The molecule has 0 aliphatic carbocycles. The third-order valence-electron chi connectivity index (χ3n) is 2.93. The molecule has 0 aliphatic rings. The molecule has 2 nitrogen and oxygen atoms in total. The molecule has 1 atom stereocenters. The summed E-state index contributed by atoms with van der Waals surface area (Å²) in [7, 11) is 0. The van der Waals surface area contributed by atoms with Crippen molar-refractivity contribution in [3.05, 3.63) is 34.9 Å². The van der Waals surface area contributed by atoms with Crippen molar-refractivity contribution in [2.24, 2.45) is 0 Å². The number of hydrogen-bond donors (Lipinski definition) is 0. The Balaban J connectivity index is 2.85. The number of carbonyl (C=O) groups is 1. The lowest BCUT2D eigenvalue weighted by Gasteiger charge is -2.14. The van der Waals surface area contributed by atoms with Crippen LogP contribution in [0.3, 0.4) is 0 Å². The normalized spacial score (nSPS) is 12.2. The monoisotopic (exact) mass is 220 g/mol. The molecule has 0 saturated heterocycles. The third kappa shape index (κ3) is 3.37. The van der Waals surface area contributed by atoms with Crippen LogP contribution in [0.1, 0.15) is 49.8 Å². The van der Waals surface area contributed by atoms with Crippen LogP contribution in [0.2, 0.25) is 0 Å². The fraction of sp³-hybridized carbons (Fsp3) is 0.500. The minimum absolute atomic E-state index is 0.231. The van der Waals surface area contributed by atoms with E-state index in [1.165, 1.54) is 18.1 Å². The molecule has 0 N–H and O–H groups in total. The summed E-state index contributed by atoms with van der Waals surface area (Å²) in [4.78, 5) is 10.7. The highest BCUT2D eigenvalue weighted by atomic mass is 16.5. The van der Waals surface area contributed by atoms with Crippen molar-refractivity contribution in [1.29, 1.82) is 0 Å². The molecule has 0 aromatic heterocycles. The molecule has 1 rings (SSSR count). The molecule has 0 spiro atoms. The molecular formula is C14H20O2. The summed E-state index contributed by atoms with van der Waals surface area (Å²) in [6, 6.07) is 6.26. The smallest absolute Gasteiger partial charge is 0.302 e. The van der Waals surface area contributed by atoms with Gasteiger partial charge in [-0.05, 0) is 36.0 Å². The van der Waals surface area contributed by atoms with E-state index in [-0.39, 0.29) is 5.97 Å². The second kappa shape index (κ2) is 5.69. The molecule has 0 radical (unpaired) electrons. The molecule has 0 amide bonds. The van der Waals surface area contributed by atoms with Gasteiger partial charge in [-0.2, -0.15) is 0 Å². The van der Waals surface area contributed by atoms with Gasteiger partial charge in [0.05, 0.1) is 0 Å². The zero-order valence-corrected chi connectivity index (χ0v) is 10.5. The van der Waals surface area contributed by atoms with Crippen LogP contribution in [0.15, 0.2) is 18.2 Å². The van der Waals surface area contributed by atoms with Gasteiger partial charge in [0.2, 0.25) is 0 Å². The predicted molar refractivity (Wildman–Crippen MR) is 65.4 cm³/mol. The second-order valence-electron chi connectivity index (χ2n) is 4.28. The first kappa shape index (κ1) is 12.8. The minimum atomic E-state index is -0.231. The Bertz CT molecular complexity index is 369. The van der Waals surface area contributed by atoms with E-state index in [4.69, 9.17) is 4.74 Å². The van der Waals surface area contributed by atoms with E-state index in [0.717, 1.165) is 12.0 Å². The van der Waals surface area contributed by atoms with Crippen molar-refractivity contribution in [2.75, 3.05) is 0 Å². The average molecular weight is 220 g/mol. The van der Waals surface area contributed by atoms with Gasteiger partial charge in [0.25, 0.3) is 0 Å². The summed E-state index contributed by atoms with van der Waals surface area (Å²) in [5, 5.41) is 0. The highest BCUT2D eigenvalue weighted by Gasteiger charge is 2.07. The Morgan fingerprint density at radius 2 is 2.12 bits per heavy atom. The summed E-state index contributed by atoms with van der Waals surface area (Å²) in [5.74, 6) is 0.322. The fourth-order valence-electron chi connectivity index (χ4n) is 1.72. The maximum absolute atomic E-state index is 10.7. The number of benzene rings is 1. The molecule has 0 fully saturated rings. The third-order valence-corrected chi connectivity index (χ3v) is 2.93. The van der Waals surface area contributed by atoms with Gasteiger partial charge in [-0.15, -0.1) is 0 Å². The zero-order valence-electron chi connectivity index (χ0n) is 10.5. The van der Waals surface area contributed by atoms with Crippen LogP contribution in [0.25, 0.3) is 0 Å². The second-order valence-corrected chi connectivity index (χ2v) is 4.28. The van der Waals surface area contributed by atoms with Gasteiger partial charge in [0.15, 0.2) is 0 Å². The summed E-state index contributed by atoms with van der Waals surface area (Å²) in [5.41, 5.74) is 3.73. The summed E-state index contributed by atoms with van der Waals surface area (Å²) in [6.07, 6.45) is 1.12. The summed E-state index contributed by atoms with van der Waals surface area (Å²) in [6.45, 7) is 8.33. The van der Waals surface area contributed by atoms with Gasteiger partial charge in [-0.1, -0.05) is 32.0 Å². The van der Waals surface area contributed by atoms with Crippen molar-refractivity contribution in [2.45, 2.75) is 46.6 Å². The molecule has 0 aliphatic heterocycles. The first-order valence-corrected chi connectivity index (χ1v) is 5.77. The van der Waals surface area contributed by atoms with Gasteiger partial charge in [-0.3, -0.25) is 4.79 Å². The Kier molecular flexibility index (Phi) is 4.53. The number of esters is 1. The lowest BCUT2D eigenvalue weighted by molar-refractivity contribution is -0.142. The molecule has 0 bridgehead atoms. The van der Waals surface area contributed by atoms with Crippen molar-refractivity contribution in [3.8, 4) is 0 Å². The maximum atomic E-state index is 10.7. The summed E-state index contributed by atoms with van der Waals surface area (Å²) >= 11 is 0. The van der Waals surface area contributed by atoms with Crippen molar-refractivity contribution >= 4 is 5.97 Å². The predicted octanol–water partition coefficient (Wildman–Crippen LogP) is 3.57. The molecule has 1 unspecified atom stereocenters. The Hall–Kier alpha value is -1.31. The van der Waals surface area contributed by atoms with Crippen LogP contribution < -0.4 is 0 Å².